The maximum atomic E-state index is 13.1. The van der Waals surface area contributed by atoms with E-state index in [1.807, 2.05) is 43.3 Å². The molecule has 2 aromatic heterocycles. The van der Waals surface area contributed by atoms with Crippen LogP contribution < -0.4 is 10.1 Å². The van der Waals surface area contributed by atoms with Crippen molar-refractivity contribution in [3.8, 4) is 5.75 Å². The number of halogens is 3. The van der Waals surface area contributed by atoms with Crippen LogP contribution in [-0.4, -0.2) is 62.1 Å². The maximum Gasteiger partial charge on any atom is 0.490 e. The average Bonchev–Trinajstić information content (AvgIpc) is 3.35. The molecule has 2 aromatic carbocycles. The number of hydrogen-bond donors (Lipinski definition) is 4. The van der Waals surface area contributed by atoms with Crippen LogP contribution in [0.3, 0.4) is 0 Å². The lowest BCUT2D eigenvalue weighted by Crippen LogP contribution is -2.53. The van der Waals surface area contributed by atoms with Gasteiger partial charge < -0.3 is 24.9 Å². The third-order valence-corrected chi connectivity index (χ3v) is 6.76. The number of nitrogens with zero attached hydrogens (tertiary/aromatic N) is 2. The molecule has 1 fully saturated rings. The topological polar surface area (TPSA) is 142 Å². The summed E-state index contributed by atoms with van der Waals surface area (Å²) in [7, 11) is 0. The molecule has 0 radical (unpaired) electrons. The van der Waals surface area contributed by atoms with Gasteiger partial charge in [0, 0.05) is 41.8 Å². The molecule has 4 aromatic rings. The smallest absolute Gasteiger partial charge is 0.489 e. The van der Waals surface area contributed by atoms with Crippen LogP contribution in [0.1, 0.15) is 40.3 Å². The lowest BCUT2D eigenvalue weighted by molar-refractivity contribution is -0.192. The molecule has 5 rings (SSSR count). The predicted molar refractivity (Wildman–Crippen MR) is 149 cm³/mol. The van der Waals surface area contributed by atoms with Crippen LogP contribution in [0.2, 0.25) is 0 Å². The number of benzene rings is 2. The van der Waals surface area contributed by atoms with Gasteiger partial charge in [-0.2, -0.15) is 18.3 Å². The fourth-order valence-electron chi connectivity index (χ4n) is 4.51. The number of hydrogen-bond acceptors (Lipinski definition) is 7. The van der Waals surface area contributed by atoms with Gasteiger partial charge in [-0.3, -0.25) is 14.9 Å². The summed E-state index contributed by atoms with van der Waals surface area (Å²) in [4.78, 5) is 29.7. The molecule has 0 aliphatic carbocycles. The first-order chi connectivity index (χ1) is 19.9. The second-order valence-electron chi connectivity index (χ2n) is 9.70. The molecular formula is C28H28F3N5O5S. The molecule has 3 heterocycles. The van der Waals surface area contributed by atoms with Crippen molar-refractivity contribution in [3.05, 3.63) is 82.0 Å². The number of para-hydroxylation sites is 1. The monoisotopic (exact) mass is 603 g/mol. The molecule has 4 N–H and O–H groups in total. The van der Waals surface area contributed by atoms with Crippen LogP contribution in [-0.2, 0) is 22.6 Å². The number of ether oxygens (including phenoxy) is 2. The highest BCUT2D eigenvalue weighted by atomic mass is 32.1. The Bertz CT molecular complexity index is 1600. The maximum absolute atomic E-state index is 13.1. The Kier molecular flexibility index (Phi) is 9.58. The summed E-state index contributed by atoms with van der Waals surface area (Å²) >= 11 is 5.09. The normalized spacial score (nSPS) is 14.5. The van der Waals surface area contributed by atoms with Gasteiger partial charge in [-0.25, -0.2) is 4.79 Å². The van der Waals surface area contributed by atoms with Gasteiger partial charge in [-0.1, -0.05) is 18.2 Å². The van der Waals surface area contributed by atoms with Gasteiger partial charge in [0.15, 0.2) is 4.77 Å². The third-order valence-electron chi connectivity index (χ3n) is 6.57. The average molecular weight is 604 g/mol. The van der Waals surface area contributed by atoms with E-state index >= 15 is 0 Å². The molecule has 222 valence electrons. The minimum absolute atomic E-state index is 0.136. The summed E-state index contributed by atoms with van der Waals surface area (Å²) in [5.74, 6) is -1.47. The zero-order chi connectivity index (χ0) is 30.3. The van der Waals surface area contributed by atoms with Crippen LogP contribution >= 0.6 is 12.2 Å². The van der Waals surface area contributed by atoms with E-state index in [0.29, 0.717) is 55.2 Å². The number of nitrogens with one attached hydrogen (secondary N) is 3. The van der Waals surface area contributed by atoms with E-state index in [0.717, 1.165) is 28.0 Å². The van der Waals surface area contributed by atoms with E-state index in [1.165, 1.54) is 0 Å². The number of carbonyl (C=O) groups is 2. The molecule has 0 bridgehead atoms. The second-order valence-corrected chi connectivity index (χ2v) is 10.1. The zero-order valence-corrected chi connectivity index (χ0v) is 23.3. The van der Waals surface area contributed by atoms with E-state index in [-0.39, 0.29) is 5.91 Å². The van der Waals surface area contributed by atoms with Crippen LogP contribution in [0.5, 0.6) is 5.75 Å². The summed E-state index contributed by atoms with van der Waals surface area (Å²) in [5, 5.41) is 18.4. The van der Waals surface area contributed by atoms with Crippen molar-refractivity contribution in [2.24, 2.45) is 0 Å². The second kappa shape index (κ2) is 13.1. The van der Waals surface area contributed by atoms with Crippen molar-refractivity contribution in [3.63, 3.8) is 0 Å². The number of rotatable bonds is 7. The molecule has 0 saturated carbocycles. The number of pyridine rings is 1. The van der Waals surface area contributed by atoms with E-state index in [9.17, 15) is 18.0 Å². The van der Waals surface area contributed by atoms with Crippen molar-refractivity contribution in [1.82, 2.24) is 25.5 Å². The highest BCUT2D eigenvalue weighted by Crippen LogP contribution is 2.26. The summed E-state index contributed by atoms with van der Waals surface area (Å²) < 4.78 is 43.8. The van der Waals surface area contributed by atoms with Gasteiger partial charge in [-0.05, 0) is 68.4 Å². The minimum Gasteiger partial charge on any atom is -0.489 e. The van der Waals surface area contributed by atoms with Gasteiger partial charge in [-0.15, -0.1) is 0 Å². The Morgan fingerprint density at radius 3 is 2.43 bits per heavy atom. The molecule has 1 aliphatic rings. The van der Waals surface area contributed by atoms with Crippen molar-refractivity contribution in [1.29, 1.82) is 0 Å². The van der Waals surface area contributed by atoms with Crippen LogP contribution in [0, 0.1) is 11.7 Å². The number of aryl methyl sites for hydroxylation is 1. The fraction of sp³-hybridized carbons (Fsp3) is 0.321. The Hall–Kier alpha value is -4.30. The Labute approximate surface area is 243 Å². The number of carboxylic acids is 1. The van der Waals surface area contributed by atoms with E-state index in [1.54, 1.807) is 12.1 Å². The van der Waals surface area contributed by atoms with Gasteiger partial charge in [0.05, 0.1) is 11.1 Å². The van der Waals surface area contributed by atoms with Crippen molar-refractivity contribution < 1.29 is 37.3 Å². The highest BCUT2D eigenvalue weighted by molar-refractivity contribution is 7.71. The summed E-state index contributed by atoms with van der Waals surface area (Å²) in [6, 6.07) is 17.3. The van der Waals surface area contributed by atoms with E-state index in [4.69, 9.17) is 31.6 Å². The summed E-state index contributed by atoms with van der Waals surface area (Å²) in [5.41, 5.74) is 3.11. The Balaban J connectivity index is 0.000000517. The molecule has 10 nitrogen and oxygen atoms in total. The van der Waals surface area contributed by atoms with Crippen molar-refractivity contribution in [2.45, 2.75) is 44.5 Å². The fourth-order valence-corrected chi connectivity index (χ4v) is 4.67. The SMILES string of the molecule is Cc1cc(COc2ccc(C(=O)NC3(Cc4n[nH]c(=S)[nH]4)CCOCC3)cc2)c2ccccc2n1.O=C(O)C(F)(F)F. The lowest BCUT2D eigenvalue weighted by atomic mass is 9.86. The first-order valence-corrected chi connectivity index (χ1v) is 13.3. The van der Waals surface area contributed by atoms with Gasteiger partial charge in [0.2, 0.25) is 0 Å². The predicted octanol–water partition coefficient (Wildman–Crippen LogP) is 5.06. The van der Waals surface area contributed by atoms with Crippen LogP contribution in [0.4, 0.5) is 13.2 Å². The number of carbonyl (C=O) groups excluding carboxylic acids is 1. The van der Waals surface area contributed by atoms with Crippen molar-refractivity contribution >= 4 is 35.0 Å². The van der Waals surface area contributed by atoms with Gasteiger partial charge in [0.25, 0.3) is 5.91 Å². The number of fused-ring (bicyclic) bond motifs is 1. The molecule has 42 heavy (non-hydrogen) atoms. The third kappa shape index (κ3) is 8.13. The van der Waals surface area contributed by atoms with Gasteiger partial charge in [0.1, 0.15) is 18.2 Å². The molecule has 0 unspecified atom stereocenters. The minimum atomic E-state index is -5.08. The number of H-pyrrole nitrogens is 2. The zero-order valence-electron chi connectivity index (χ0n) is 22.5. The highest BCUT2D eigenvalue weighted by Gasteiger charge is 2.38. The number of alkyl halides is 3. The summed E-state index contributed by atoms with van der Waals surface area (Å²) in [6.07, 6.45) is -3.13. The van der Waals surface area contributed by atoms with Crippen molar-refractivity contribution in [2.75, 3.05) is 13.2 Å². The number of aromatic nitrogens is 4. The van der Waals surface area contributed by atoms with Crippen LogP contribution in [0.25, 0.3) is 10.9 Å². The van der Waals surface area contributed by atoms with E-state index < -0.39 is 17.7 Å². The van der Waals surface area contributed by atoms with E-state index in [2.05, 4.69) is 31.5 Å². The number of aliphatic carboxylic acids is 1. The molecule has 14 heteroatoms. The number of carboxylic acid groups (broad SMARTS) is 1. The molecule has 1 amide bonds. The Morgan fingerprint density at radius 2 is 1.81 bits per heavy atom. The molecule has 1 aliphatic heterocycles. The van der Waals surface area contributed by atoms with Gasteiger partial charge >= 0.3 is 12.1 Å². The number of aromatic amines is 2. The number of amides is 1. The quantitative estimate of drug-likeness (QED) is 0.215. The lowest BCUT2D eigenvalue weighted by Gasteiger charge is -2.37. The molecule has 0 atom stereocenters. The first-order valence-electron chi connectivity index (χ1n) is 12.9. The standard InChI is InChI=1S/C26H27N5O3S.C2HF3O2/c1-17-14-19(21-4-2-3-5-22(21)27-17)16-34-20-8-6-18(7-9-20)24(32)29-26(10-12-33-13-11-26)15-23-28-25(35)31-30-23;3-2(4,5)1(6)7/h2-9,14H,10-13,15-16H2,1H3,(H,29,32)(H2,28,30,31,35);(H,6,7). The first kappa shape index (κ1) is 30.7. The Morgan fingerprint density at radius 1 is 1.14 bits per heavy atom. The molecule has 0 spiro atoms. The molecule has 1 saturated heterocycles. The molecular weight excluding hydrogens is 575 g/mol. The summed E-state index contributed by atoms with van der Waals surface area (Å²) in [6.45, 7) is 3.57. The largest absolute Gasteiger partial charge is 0.490 e. The van der Waals surface area contributed by atoms with Crippen LogP contribution in [0.15, 0.2) is 54.6 Å².